The molecule has 2 N–H and O–H groups in total. The molecular formula is C24H32FN3O3S. The van der Waals surface area contributed by atoms with Crippen LogP contribution in [0.4, 0.5) is 4.39 Å². The van der Waals surface area contributed by atoms with E-state index in [1.165, 1.54) is 18.2 Å². The molecule has 0 aliphatic carbocycles. The molecule has 1 heterocycles. The first kappa shape index (κ1) is 24.4. The predicted octanol–water partition coefficient (Wildman–Crippen LogP) is 2.95. The fourth-order valence-corrected chi connectivity index (χ4v) is 5.20. The summed E-state index contributed by atoms with van der Waals surface area (Å²) >= 11 is 0. The van der Waals surface area contributed by atoms with Gasteiger partial charge in [-0.2, -0.15) is 4.72 Å². The van der Waals surface area contributed by atoms with Gasteiger partial charge in [-0.05, 0) is 62.9 Å². The summed E-state index contributed by atoms with van der Waals surface area (Å²) in [4.78, 5) is 14.9. The molecule has 174 valence electrons. The van der Waals surface area contributed by atoms with E-state index in [1.54, 1.807) is 0 Å². The topological polar surface area (TPSA) is 78.5 Å². The second-order valence-electron chi connectivity index (χ2n) is 8.61. The van der Waals surface area contributed by atoms with E-state index < -0.39 is 32.7 Å². The van der Waals surface area contributed by atoms with Crippen LogP contribution in [-0.4, -0.2) is 50.9 Å². The zero-order valence-electron chi connectivity index (χ0n) is 18.6. The van der Waals surface area contributed by atoms with Gasteiger partial charge in [-0.3, -0.25) is 9.69 Å². The molecular weight excluding hydrogens is 429 g/mol. The maximum Gasteiger partial charge on any atom is 0.244 e. The van der Waals surface area contributed by atoms with Gasteiger partial charge in [0.15, 0.2) is 0 Å². The lowest BCUT2D eigenvalue weighted by atomic mass is 9.98. The number of benzene rings is 2. The van der Waals surface area contributed by atoms with E-state index in [0.29, 0.717) is 6.54 Å². The number of nitrogens with zero attached hydrogens (tertiary/aromatic N) is 1. The van der Waals surface area contributed by atoms with Gasteiger partial charge in [0.2, 0.25) is 15.9 Å². The van der Waals surface area contributed by atoms with Crippen molar-refractivity contribution < 1.29 is 17.6 Å². The van der Waals surface area contributed by atoms with Crippen molar-refractivity contribution in [1.82, 2.24) is 14.9 Å². The molecule has 6 nitrogen and oxygen atoms in total. The van der Waals surface area contributed by atoms with Crippen LogP contribution in [0.5, 0.6) is 0 Å². The van der Waals surface area contributed by atoms with E-state index in [9.17, 15) is 17.6 Å². The van der Waals surface area contributed by atoms with Crippen molar-refractivity contribution in [2.24, 2.45) is 5.92 Å². The second kappa shape index (κ2) is 11.0. The summed E-state index contributed by atoms with van der Waals surface area (Å²) in [6, 6.07) is 13.4. The van der Waals surface area contributed by atoms with Gasteiger partial charge in [-0.15, -0.1) is 0 Å². The van der Waals surface area contributed by atoms with Crippen LogP contribution in [0.25, 0.3) is 0 Å². The largest absolute Gasteiger partial charge is 0.353 e. The van der Waals surface area contributed by atoms with Crippen molar-refractivity contribution in [2.75, 3.05) is 19.6 Å². The Morgan fingerprint density at radius 2 is 1.72 bits per heavy atom. The van der Waals surface area contributed by atoms with Gasteiger partial charge in [0.1, 0.15) is 16.8 Å². The lowest BCUT2D eigenvalue weighted by Crippen LogP contribution is -2.51. The van der Waals surface area contributed by atoms with Gasteiger partial charge in [0, 0.05) is 12.6 Å². The number of sulfonamides is 1. The number of likely N-dealkylation sites (tertiary alicyclic amines) is 1. The molecule has 1 saturated heterocycles. The first-order chi connectivity index (χ1) is 15.3. The summed E-state index contributed by atoms with van der Waals surface area (Å²) in [5.74, 6) is -0.561. The fraction of sp³-hybridized carbons (Fsp3) is 0.458. The van der Waals surface area contributed by atoms with Crippen LogP contribution in [0.15, 0.2) is 59.5 Å². The molecule has 32 heavy (non-hydrogen) atoms. The van der Waals surface area contributed by atoms with E-state index in [1.807, 2.05) is 30.3 Å². The number of hydrogen-bond donors (Lipinski definition) is 2. The Hall–Kier alpha value is -2.29. The molecule has 2 aromatic carbocycles. The van der Waals surface area contributed by atoms with Crippen LogP contribution in [0.1, 0.15) is 32.3 Å². The van der Waals surface area contributed by atoms with Gasteiger partial charge in [0.05, 0.1) is 0 Å². The van der Waals surface area contributed by atoms with Crippen molar-refractivity contribution in [2.45, 2.75) is 50.1 Å². The maximum atomic E-state index is 14.1. The van der Waals surface area contributed by atoms with Gasteiger partial charge in [0.25, 0.3) is 0 Å². The Morgan fingerprint density at radius 3 is 2.38 bits per heavy atom. The number of hydrogen-bond acceptors (Lipinski definition) is 4. The SMILES string of the molecule is CC1CCN(C(C)CNC(=O)[C@H](Cc2ccccc2)NS(=O)(=O)c2ccccc2F)CC1. The molecule has 0 spiro atoms. The summed E-state index contributed by atoms with van der Waals surface area (Å²) in [7, 11) is -4.22. The van der Waals surface area contributed by atoms with Crippen molar-refractivity contribution in [1.29, 1.82) is 0 Å². The summed E-state index contributed by atoms with van der Waals surface area (Å²) in [6.07, 6.45) is 2.44. The summed E-state index contributed by atoms with van der Waals surface area (Å²) in [5, 5.41) is 2.90. The summed E-state index contributed by atoms with van der Waals surface area (Å²) in [6.45, 7) is 6.71. The Balaban J connectivity index is 1.70. The number of piperidine rings is 1. The van der Waals surface area contributed by atoms with E-state index in [4.69, 9.17) is 0 Å². The Kier molecular flexibility index (Phi) is 8.39. The lowest BCUT2D eigenvalue weighted by Gasteiger charge is -2.35. The Labute approximate surface area is 190 Å². The minimum Gasteiger partial charge on any atom is -0.353 e. The van der Waals surface area contributed by atoms with Crippen molar-refractivity contribution in [3.8, 4) is 0 Å². The highest BCUT2D eigenvalue weighted by Gasteiger charge is 2.28. The van der Waals surface area contributed by atoms with E-state index in [2.05, 4.69) is 28.8 Å². The van der Waals surface area contributed by atoms with Gasteiger partial charge in [-0.1, -0.05) is 49.4 Å². The molecule has 0 aromatic heterocycles. The molecule has 1 fully saturated rings. The summed E-state index contributed by atoms with van der Waals surface area (Å²) < 4.78 is 42.2. The van der Waals surface area contributed by atoms with Crippen molar-refractivity contribution in [3.63, 3.8) is 0 Å². The van der Waals surface area contributed by atoms with Crippen molar-refractivity contribution >= 4 is 15.9 Å². The van der Waals surface area contributed by atoms with Crippen LogP contribution in [0, 0.1) is 11.7 Å². The molecule has 3 rings (SSSR count). The number of carbonyl (C=O) groups is 1. The minimum atomic E-state index is -4.22. The average molecular weight is 462 g/mol. The third-order valence-electron chi connectivity index (χ3n) is 6.04. The average Bonchev–Trinajstić information content (AvgIpc) is 2.78. The highest BCUT2D eigenvalue weighted by Crippen LogP contribution is 2.18. The van der Waals surface area contributed by atoms with Crippen LogP contribution in [-0.2, 0) is 21.2 Å². The standard InChI is InChI=1S/C24H32FN3O3S/c1-18-12-14-28(15-13-18)19(2)17-26-24(29)22(16-20-8-4-3-5-9-20)27-32(30,31)23-11-7-6-10-21(23)25/h3-11,18-19,22,27H,12-17H2,1-2H3,(H,26,29)/t19?,22-/m0/s1. The smallest absolute Gasteiger partial charge is 0.244 e. The van der Waals surface area contributed by atoms with Crippen LogP contribution in [0.3, 0.4) is 0 Å². The Morgan fingerprint density at radius 1 is 1.09 bits per heavy atom. The van der Waals surface area contributed by atoms with Crippen LogP contribution in [0.2, 0.25) is 0 Å². The molecule has 0 bridgehead atoms. The quantitative estimate of drug-likeness (QED) is 0.602. The molecule has 2 aromatic rings. The first-order valence-electron chi connectivity index (χ1n) is 11.1. The molecule has 1 amide bonds. The minimum absolute atomic E-state index is 0.145. The summed E-state index contributed by atoms with van der Waals surface area (Å²) in [5.41, 5.74) is 0.807. The highest BCUT2D eigenvalue weighted by atomic mass is 32.2. The Bertz CT molecular complexity index is 993. The second-order valence-corrected chi connectivity index (χ2v) is 10.3. The maximum absolute atomic E-state index is 14.1. The molecule has 0 saturated carbocycles. The monoisotopic (exact) mass is 461 g/mol. The molecule has 1 aliphatic rings. The van der Waals surface area contributed by atoms with E-state index >= 15 is 0 Å². The molecule has 2 atom stereocenters. The number of amides is 1. The van der Waals surface area contributed by atoms with Crippen molar-refractivity contribution in [3.05, 3.63) is 66.0 Å². The van der Waals surface area contributed by atoms with Gasteiger partial charge in [-0.25, -0.2) is 12.8 Å². The highest BCUT2D eigenvalue weighted by molar-refractivity contribution is 7.89. The third kappa shape index (κ3) is 6.60. The third-order valence-corrected chi connectivity index (χ3v) is 7.54. The molecule has 1 unspecified atom stereocenters. The first-order valence-corrected chi connectivity index (χ1v) is 12.6. The lowest BCUT2D eigenvalue weighted by molar-refractivity contribution is -0.123. The molecule has 0 radical (unpaired) electrons. The van der Waals surface area contributed by atoms with Gasteiger partial charge < -0.3 is 5.32 Å². The number of halogens is 1. The van der Waals surface area contributed by atoms with Gasteiger partial charge >= 0.3 is 0 Å². The van der Waals surface area contributed by atoms with Crippen LogP contribution < -0.4 is 10.0 Å². The van der Waals surface area contributed by atoms with E-state index in [0.717, 1.165) is 43.5 Å². The number of rotatable bonds is 9. The zero-order chi connectivity index (χ0) is 23.1. The number of carbonyl (C=O) groups excluding carboxylic acids is 1. The molecule has 8 heteroatoms. The van der Waals surface area contributed by atoms with E-state index in [-0.39, 0.29) is 12.5 Å². The molecule has 1 aliphatic heterocycles. The number of nitrogens with one attached hydrogen (secondary N) is 2. The zero-order valence-corrected chi connectivity index (χ0v) is 19.4. The van der Waals surface area contributed by atoms with Crippen LogP contribution >= 0.6 is 0 Å². The normalized spacial score (nSPS) is 17.6. The predicted molar refractivity (Wildman–Crippen MR) is 123 cm³/mol. The fourth-order valence-electron chi connectivity index (χ4n) is 3.92.